The fraction of sp³-hybridized carbons (Fsp3) is 0.250. The number of carbonyl (C=O) groups is 1. The highest BCUT2D eigenvalue weighted by Gasteiger charge is 2.17. The van der Waals surface area contributed by atoms with Gasteiger partial charge in [0.25, 0.3) is 5.91 Å². The highest BCUT2D eigenvalue weighted by Crippen LogP contribution is 2.27. The molecule has 1 atom stereocenters. The van der Waals surface area contributed by atoms with E-state index < -0.39 is 0 Å². The van der Waals surface area contributed by atoms with E-state index in [0.29, 0.717) is 10.2 Å². The second kappa shape index (κ2) is 7.22. The zero-order chi connectivity index (χ0) is 15.2. The van der Waals surface area contributed by atoms with Crippen molar-refractivity contribution in [2.24, 2.45) is 0 Å². The largest absolute Gasteiger partial charge is 0.496 e. The summed E-state index contributed by atoms with van der Waals surface area (Å²) in [5.74, 6) is 0.649. The van der Waals surface area contributed by atoms with Crippen LogP contribution < -0.4 is 10.1 Å². The molecule has 0 aliphatic carbocycles. The van der Waals surface area contributed by atoms with Crippen molar-refractivity contribution in [3.8, 4) is 5.75 Å². The Kier molecular flexibility index (Phi) is 5.33. The van der Waals surface area contributed by atoms with E-state index in [9.17, 15) is 4.79 Å². The van der Waals surface area contributed by atoms with Crippen molar-refractivity contribution in [3.05, 3.63) is 58.3 Å². The summed E-state index contributed by atoms with van der Waals surface area (Å²) in [6.07, 6.45) is 2.38. The second-order valence-corrected chi connectivity index (χ2v) is 5.36. The molecule has 0 aliphatic heterocycles. The van der Waals surface area contributed by atoms with Gasteiger partial charge in [-0.3, -0.25) is 4.79 Å². The molecule has 1 amide bonds. The Morgan fingerprint density at radius 2 is 2.14 bits per heavy atom. The van der Waals surface area contributed by atoms with Gasteiger partial charge in [0.05, 0.1) is 13.2 Å². The standard InChI is InChI=1S/C16H17BrN2O2/c1-3-13(12-6-4-5-7-14(12)21-2)19-16(20)11-8-9-18-15(17)10-11/h4-10,13H,3H2,1-2H3,(H,19,20). The van der Waals surface area contributed by atoms with Gasteiger partial charge in [-0.25, -0.2) is 4.98 Å². The van der Waals surface area contributed by atoms with Gasteiger partial charge in [0.15, 0.2) is 0 Å². The monoisotopic (exact) mass is 348 g/mol. The molecule has 4 nitrogen and oxygen atoms in total. The minimum Gasteiger partial charge on any atom is -0.496 e. The van der Waals surface area contributed by atoms with Crippen molar-refractivity contribution in [3.63, 3.8) is 0 Å². The van der Waals surface area contributed by atoms with E-state index in [1.165, 1.54) is 0 Å². The molecule has 0 bridgehead atoms. The van der Waals surface area contributed by atoms with Crippen molar-refractivity contribution in [1.29, 1.82) is 0 Å². The van der Waals surface area contributed by atoms with Crippen molar-refractivity contribution in [1.82, 2.24) is 10.3 Å². The number of pyridine rings is 1. The van der Waals surface area contributed by atoms with Gasteiger partial charge in [-0.15, -0.1) is 0 Å². The fourth-order valence-electron chi connectivity index (χ4n) is 2.14. The number of methoxy groups -OCH3 is 1. The summed E-state index contributed by atoms with van der Waals surface area (Å²) in [6.45, 7) is 2.03. The molecule has 1 aromatic heterocycles. The first-order valence-corrected chi connectivity index (χ1v) is 7.50. The average Bonchev–Trinajstić information content (AvgIpc) is 2.52. The maximum absolute atomic E-state index is 12.3. The molecule has 1 unspecified atom stereocenters. The number of nitrogens with zero attached hydrogens (tertiary/aromatic N) is 1. The number of hydrogen-bond acceptors (Lipinski definition) is 3. The molecular formula is C16H17BrN2O2. The average molecular weight is 349 g/mol. The Hall–Kier alpha value is -1.88. The maximum Gasteiger partial charge on any atom is 0.251 e. The minimum atomic E-state index is -0.129. The Bertz CT molecular complexity index is 631. The molecule has 0 radical (unpaired) electrons. The van der Waals surface area contributed by atoms with Crippen LogP contribution in [0.5, 0.6) is 5.75 Å². The molecule has 21 heavy (non-hydrogen) atoms. The lowest BCUT2D eigenvalue weighted by atomic mass is 10.0. The first-order valence-electron chi connectivity index (χ1n) is 6.71. The van der Waals surface area contributed by atoms with Crippen LogP contribution >= 0.6 is 15.9 Å². The number of rotatable bonds is 5. The third-order valence-electron chi connectivity index (χ3n) is 3.22. The molecule has 5 heteroatoms. The van der Waals surface area contributed by atoms with Crippen molar-refractivity contribution in [2.75, 3.05) is 7.11 Å². The van der Waals surface area contributed by atoms with Crippen molar-refractivity contribution < 1.29 is 9.53 Å². The predicted molar refractivity (Wildman–Crippen MR) is 85.4 cm³/mol. The molecule has 0 saturated heterocycles. The first kappa shape index (κ1) is 15.5. The molecular weight excluding hydrogens is 332 g/mol. The van der Waals surface area contributed by atoms with Crippen LogP contribution in [0, 0.1) is 0 Å². The number of hydrogen-bond donors (Lipinski definition) is 1. The molecule has 0 aliphatic rings. The smallest absolute Gasteiger partial charge is 0.251 e. The van der Waals surface area contributed by atoms with Gasteiger partial charge in [-0.2, -0.15) is 0 Å². The highest BCUT2D eigenvalue weighted by molar-refractivity contribution is 9.10. The van der Waals surface area contributed by atoms with Crippen LogP contribution in [0.4, 0.5) is 0 Å². The summed E-state index contributed by atoms with van der Waals surface area (Å²) >= 11 is 3.27. The van der Waals surface area contributed by atoms with Crippen LogP contribution in [0.2, 0.25) is 0 Å². The molecule has 1 heterocycles. The molecule has 2 aromatic rings. The minimum absolute atomic E-state index is 0.0967. The van der Waals surface area contributed by atoms with E-state index in [0.717, 1.165) is 17.7 Å². The summed E-state index contributed by atoms with van der Waals surface area (Å²) in [6, 6.07) is 11.0. The van der Waals surface area contributed by atoms with E-state index >= 15 is 0 Å². The van der Waals surface area contributed by atoms with Gasteiger partial charge in [0.1, 0.15) is 10.4 Å². The number of carbonyl (C=O) groups excluding carboxylic acids is 1. The quantitative estimate of drug-likeness (QED) is 0.837. The molecule has 1 N–H and O–H groups in total. The third kappa shape index (κ3) is 3.82. The number of ether oxygens (including phenoxy) is 1. The van der Waals surface area contributed by atoms with E-state index in [2.05, 4.69) is 26.2 Å². The second-order valence-electron chi connectivity index (χ2n) is 4.54. The van der Waals surface area contributed by atoms with E-state index in [-0.39, 0.29) is 11.9 Å². The summed E-state index contributed by atoms with van der Waals surface area (Å²) in [5, 5.41) is 3.03. The van der Waals surface area contributed by atoms with E-state index in [1.807, 2.05) is 31.2 Å². The Balaban J connectivity index is 2.21. The van der Waals surface area contributed by atoms with Crippen LogP contribution in [-0.2, 0) is 0 Å². The summed E-state index contributed by atoms with van der Waals surface area (Å²) in [4.78, 5) is 16.4. The summed E-state index contributed by atoms with van der Waals surface area (Å²) < 4.78 is 6.01. The number of halogens is 1. The first-order chi connectivity index (χ1) is 10.2. The molecule has 0 fully saturated rings. The summed E-state index contributed by atoms with van der Waals surface area (Å²) in [5.41, 5.74) is 1.55. The zero-order valence-corrected chi connectivity index (χ0v) is 13.6. The van der Waals surface area contributed by atoms with Crippen LogP contribution in [-0.4, -0.2) is 18.0 Å². The number of para-hydroxylation sites is 1. The summed E-state index contributed by atoms with van der Waals surface area (Å²) in [7, 11) is 1.63. The zero-order valence-electron chi connectivity index (χ0n) is 12.0. The van der Waals surface area contributed by atoms with Gasteiger partial charge in [-0.05, 0) is 40.5 Å². The van der Waals surface area contributed by atoms with Gasteiger partial charge >= 0.3 is 0 Å². The Morgan fingerprint density at radius 3 is 2.81 bits per heavy atom. The van der Waals surface area contributed by atoms with Crippen molar-refractivity contribution >= 4 is 21.8 Å². The maximum atomic E-state index is 12.3. The van der Waals surface area contributed by atoms with Crippen LogP contribution in [0.3, 0.4) is 0 Å². The Morgan fingerprint density at radius 1 is 1.38 bits per heavy atom. The van der Waals surface area contributed by atoms with Gasteiger partial charge in [-0.1, -0.05) is 25.1 Å². The molecule has 2 rings (SSSR count). The van der Waals surface area contributed by atoms with Crippen LogP contribution in [0.25, 0.3) is 0 Å². The predicted octanol–water partition coefficient (Wildman–Crippen LogP) is 3.73. The number of nitrogens with one attached hydrogen (secondary N) is 1. The SMILES string of the molecule is CCC(NC(=O)c1ccnc(Br)c1)c1ccccc1OC. The lowest BCUT2D eigenvalue weighted by Gasteiger charge is -2.20. The van der Waals surface area contributed by atoms with Gasteiger partial charge < -0.3 is 10.1 Å². The van der Waals surface area contributed by atoms with Crippen molar-refractivity contribution in [2.45, 2.75) is 19.4 Å². The third-order valence-corrected chi connectivity index (χ3v) is 3.65. The van der Waals surface area contributed by atoms with E-state index in [1.54, 1.807) is 25.4 Å². The van der Waals surface area contributed by atoms with Gasteiger partial charge in [0.2, 0.25) is 0 Å². The molecule has 0 saturated carbocycles. The lowest BCUT2D eigenvalue weighted by Crippen LogP contribution is -2.28. The number of benzene rings is 1. The molecule has 1 aromatic carbocycles. The number of aromatic nitrogens is 1. The topological polar surface area (TPSA) is 51.2 Å². The molecule has 110 valence electrons. The number of amides is 1. The highest BCUT2D eigenvalue weighted by atomic mass is 79.9. The van der Waals surface area contributed by atoms with Crippen LogP contribution in [0.15, 0.2) is 47.2 Å². The van der Waals surface area contributed by atoms with Crippen LogP contribution in [0.1, 0.15) is 35.3 Å². The van der Waals surface area contributed by atoms with Gasteiger partial charge in [0, 0.05) is 17.3 Å². The fourth-order valence-corrected chi connectivity index (χ4v) is 2.50. The van der Waals surface area contributed by atoms with E-state index in [4.69, 9.17) is 4.74 Å². The Labute approximate surface area is 132 Å². The lowest BCUT2D eigenvalue weighted by molar-refractivity contribution is 0.0935. The molecule has 0 spiro atoms. The normalized spacial score (nSPS) is 11.8.